The first-order valence-electron chi connectivity index (χ1n) is 6.95. The van der Waals surface area contributed by atoms with E-state index in [1.807, 2.05) is 44.4 Å². The van der Waals surface area contributed by atoms with E-state index in [2.05, 4.69) is 15.6 Å². The largest absolute Gasteiger partial charge is 0.361 e. The second-order valence-electron chi connectivity index (χ2n) is 5.21. The van der Waals surface area contributed by atoms with Crippen LogP contribution in [0.2, 0.25) is 0 Å². The van der Waals surface area contributed by atoms with Crippen molar-refractivity contribution in [3.8, 4) is 0 Å². The lowest BCUT2D eigenvalue weighted by Crippen LogP contribution is -2.03. The van der Waals surface area contributed by atoms with E-state index in [0.717, 1.165) is 23.3 Å². The first-order chi connectivity index (χ1) is 10.2. The average Bonchev–Trinajstić information content (AvgIpc) is 2.85. The summed E-state index contributed by atoms with van der Waals surface area (Å²) in [6, 6.07) is 11.2. The maximum atomic E-state index is 13.9. The summed E-state index contributed by atoms with van der Waals surface area (Å²) in [5.41, 5.74) is 4.53. The Balaban J connectivity index is 1.91. The minimum Gasteiger partial charge on any atom is -0.361 e. The van der Waals surface area contributed by atoms with E-state index in [9.17, 15) is 4.39 Å². The zero-order valence-electron chi connectivity index (χ0n) is 12.1. The van der Waals surface area contributed by atoms with E-state index in [1.54, 1.807) is 6.07 Å². The molecule has 0 radical (unpaired) electrons. The number of benzene rings is 2. The van der Waals surface area contributed by atoms with Gasteiger partial charge in [-0.3, -0.25) is 0 Å². The van der Waals surface area contributed by atoms with Gasteiger partial charge in [-0.1, -0.05) is 12.1 Å². The number of hydrogen-bond donors (Lipinski definition) is 3. The molecule has 2 aromatic carbocycles. The quantitative estimate of drug-likeness (QED) is 0.675. The predicted molar refractivity (Wildman–Crippen MR) is 85.5 cm³/mol. The lowest BCUT2D eigenvalue weighted by molar-refractivity contribution is 0.631. The van der Waals surface area contributed by atoms with E-state index in [-0.39, 0.29) is 5.82 Å². The molecule has 0 bridgehead atoms. The molecular weight excluding hydrogens is 265 g/mol. The van der Waals surface area contributed by atoms with Gasteiger partial charge >= 0.3 is 0 Å². The van der Waals surface area contributed by atoms with Gasteiger partial charge in [0, 0.05) is 29.3 Å². The van der Waals surface area contributed by atoms with Crippen molar-refractivity contribution >= 4 is 22.3 Å². The van der Waals surface area contributed by atoms with Gasteiger partial charge < -0.3 is 15.6 Å². The number of aromatic nitrogens is 1. The van der Waals surface area contributed by atoms with Crippen molar-refractivity contribution in [1.29, 1.82) is 0 Å². The highest BCUT2D eigenvalue weighted by Gasteiger charge is 2.06. The van der Waals surface area contributed by atoms with E-state index < -0.39 is 0 Å². The van der Waals surface area contributed by atoms with Gasteiger partial charge in [0.05, 0.1) is 5.69 Å². The Morgan fingerprint density at radius 3 is 2.76 bits per heavy atom. The zero-order chi connectivity index (χ0) is 14.8. The summed E-state index contributed by atoms with van der Waals surface area (Å²) in [5, 5.41) is 7.45. The van der Waals surface area contributed by atoms with Crippen LogP contribution in [0, 0.1) is 12.7 Å². The van der Waals surface area contributed by atoms with Crippen molar-refractivity contribution in [3.05, 3.63) is 59.5 Å². The van der Waals surface area contributed by atoms with Crippen LogP contribution < -0.4 is 10.6 Å². The van der Waals surface area contributed by atoms with E-state index >= 15 is 0 Å². The van der Waals surface area contributed by atoms with Crippen LogP contribution in [-0.4, -0.2) is 12.0 Å². The standard InChI is InChI=1S/C17H18FN3/c1-11-3-6-16(15(18)7-11)21-13-4-5-14-12(9-19-2)10-20-17(14)8-13/h3-8,10,19-21H,9H2,1-2H3. The third kappa shape index (κ3) is 2.76. The molecule has 0 amide bonds. The molecule has 1 heterocycles. The fourth-order valence-corrected chi connectivity index (χ4v) is 2.48. The smallest absolute Gasteiger partial charge is 0.146 e. The molecule has 0 aliphatic heterocycles. The number of rotatable bonds is 4. The van der Waals surface area contributed by atoms with Gasteiger partial charge in [0.15, 0.2) is 0 Å². The van der Waals surface area contributed by atoms with Crippen molar-refractivity contribution in [2.75, 3.05) is 12.4 Å². The Hall–Kier alpha value is -2.33. The summed E-state index contributed by atoms with van der Waals surface area (Å²) in [7, 11) is 1.93. The van der Waals surface area contributed by atoms with Gasteiger partial charge in [0.2, 0.25) is 0 Å². The lowest BCUT2D eigenvalue weighted by atomic mass is 10.1. The molecule has 0 aliphatic rings. The normalized spacial score (nSPS) is 11.0. The SMILES string of the molecule is CNCc1c[nH]c2cc(Nc3ccc(C)cc3F)ccc12. The minimum absolute atomic E-state index is 0.238. The van der Waals surface area contributed by atoms with Crippen molar-refractivity contribution in [2.45, 2.75) is 13.5 Å². The summed E-state index contributed by atoms with van der Waals surface area (Å²) in [5.74, 6) is -0.238. The van der Waals surface area contributed by atoms with E-state index in [4.69, 9.17) is 0 Å². The van der Waals surface area contributed by atoms with Gasteiger partial charge in [0.25, 0.3) is 0 Å². The number of aromatic amines is 1. The minimum atomic E-state index is -0.238. The van der Waals surface area contributed by atoms with Crippen molar-refractivity contribution in [2.24, 2.45) is 0 Å². The molecule has 0 aliphatic carbocycles. The second-order valence-corrected chi connectivity index (χ2v) is 5.21. The Morgan fingerprint density at radius 2 is 2.00 bits per heavy atom. The number of H-pyrrole nitrogens is 1. The molecule has 3 aromatic rings. The fourth-order valence-electron chi connectivity index (χ4n) is 2.48. The van der Waals surface area contributed by atoms with Crippen LogP contribution in [0.25, 0.3) is 10.9 Å². The molecule has 1 aromatic heterocycles. The summed E-state index contributed by atoms with van der Waals surface area (Å²) in [6.45, 7) is 2.69. The Bertz CT molecular complexity index is 777. The van der Waals surface area contributed by atoms with E-state index in [0.29, 0.717) is 5.69 Å². The number of fused-ring (bicyclic) bond motifs is 1. The highest BCUT2D eigenvalue weighted by Crippen LogP contribution is 2.25. The van der Waals surface area contributed by atoms with Gasteiger partial charge in [0.1, 0.15) is 5.82 Å². The highest BCUT2D eigenvalue weighted by atomic mass is 19.1. The average molecular weight is 283 g/mol. The highest BCUT2D eigenvalue weighted by molar-refractivity contribution is 5.87. The number of nitrogens with one attached hydrogen (secondary N) is 3. The molecule has 4 heteroatoms. The molecule has 0 unspecified atom stereocenters. The van der Waals surface area contributed by atoms with Crippen LogP contribution >= 0.6 is 0 Å². The van der Waals surface area contributed by atoms with Crippen LogP contribution in [0.4, 0.5) is 15.8 Å². The first-order valence-corrected chi connectivity index (χ1v) is 6.95. The molecule has 108 valence electrons. The monoisotopic (exact) mass is 283 g/mol. The molecule has 21 heavy (non-hydrogen) atoms. The first kappa shape index (κ1) is 13.6. The number of hydrogen-bond acceptors (Lipinski definition) is 2. The van der Waals surface area contributed by atoms with E-state index in [1.165, 1.54) is 17.0 Å². The van der Waals surface area contributed by atoms with Crippen LogP contribution in [-0.2, 0) is 6.54 Å². The van der Waals surface area contributed by atoms with Crippen molar-refractivity contribution < 1.29 is 4.39 Å². The predicted octanol–water partition coefficient (Wildman–Crippen LogP) is 4.08. The molecule has 0 saturated heterocycles. The van der Waals surface area contributed by atoms with Crippen molar-refractivity contribution in [1.82, 2.24) is 10.3 Å². The van der Waals surface area contributed by atoms with Crippen molar-refractivity contribution in [3.63, 3.8) is 0 Å². The van der Waals surface area contributed by atoms with Gasteiger partial charge in [-0.15, -0.1) is 0 Å². The van der Waals surface area contributed by atoms with Crippen LogP contribution in [0.5, 0.6) is 0 Å². The summed E-state index contributed by atoms with van der Waals surface area (Å²) in [4.78, 5) is 3.25. The Labute approximate surface area is 123 Å². The van der Waals surface area contributed by atoms with Crippen LogP contribution in [0.15, 0.2) is 42.6 Å². The fraction of sp³-hybridized carbons (Fsp3) is 0.176. The molecule has 3 N–H and O–H groups in total. The summed E-state index contributed by atoms with van der Waals surface area (Å²) >= 11 is 0. The topological polar surface area (TPSA) is 39.9 Å². The number of aryl methyl sites for hydroxylation is 1. The van der Waals surface area contributed by atoms with Crippen LogP contribution in [0.3, 0.4) is 0 Å². The maximum Gasteiger partial charge on any atom is 0.146 e. The Kier molecular flexibility index (Phi) is 3.62. The summed E-state index contributed by atoms with van der Waals surface area (Å²) in [6.07, 6.45) is 2.00. The second kappa shape index (κ2) is 5.58. The third-order valence-electron chi connectivity index (χ3n) is 3.54. The summed E-state index contributed by atoms with van der Waals surface area (Å²) < 4.78 is 13.9. The molecular formula is C17H18FN3. The molecule has 0 saturated carbocycles. The van der Waals surface area contributed by atoms with Gasteiger partial charge in [-0.05, 0) is 49.4 Å². The molecule has 0 fully saturated rings. The Morgan fingerprint density at radius 1 is 1.14 bits per heavy atom. The van der Waals surface area contributed by atoms with Crippen LogP contribution in [0.1, 0.15) is 11.1 Å². The maximum absolute atomic E-state index is 13.9. The lowest BCUT2D eigenvalue weighted by Gasteiger charge is -2.08. The third-order valence-corrected chi connectivity index (χ3v) is 3.54. The molecule has 3 nitrogen and oxygen atoms in total. The van der Waals surface area contributed by atoms with Gasteiger partial charge in [-0.2, -0.15) is 0 Å². The zero-order valence-corrected chi connectivity index (χ0v) is 12.1. The molecule has 3 rings (SSSR count). The molecule has 0 atom stereocenters. The molecule has 0 spiro atoms. The number of anilines is 2. The number of halogens is 1. The van der Waals surface area contributed by atoms with Gasteiger partial charge in [-0.25, -0.2) is 4.39 Å².